The number of halogens is 2. The summed E-state index contributed by atoms with van der Waals surface area (Å²) in [6.45, 7) is 9.46. The Hall–Kier alpha value is -2.67. The average Bonchev–Trinajstić information content (AvgIpc) is 2.83. The van der Waals surface area contributed by atoms with Gasteiger partial charge in [-0.2, -0.15) is 0 Å². The number of pyridine rings is 1. The van der Waals surface area contributed by atoms with Gasteiger partial charge in [0.05, 0.1) is 32.1 Å². The van der Waals surface area contributed by atoms with Gasteiger partial charge in [0, 0.05) is 36.5 Å². The zero-order valence-electron chi connectivity index (χ0n) is 19.2. The van der Waals surface area contributed by atoms with Crippen molar-refractivity contribution in [3.05, 3.63) is 77.5 Å². The Morgan fingerprint density at radius 1 is 0.939 bits per heavy atom. The maximum Gasteiger partial charge on any atom is 0.123 e. The standard InChI is InChI=1S/C27H30F2N2O2/c1-19(2)27-25(18-33-16-13-31-11-14-32-15-12-31)24(20-3-7-22(28)8-4-20)17-26(30-27)21-5-9-23(29)10-6-21/h3-10,17,19H,11-16,18H2,1-2H3. The van der Waals surface area contributed by atoms with Crippen LogP contribution in [-0.2, 0) is 16.1 Å². The Balaban J connectivity index is 1.66. The highest BCUT2D eigenvalue weighted by atomic mass is 19.1. The minimum Gasteiger partial charge on any atom is -0.379 e. The molecule has 0 radical (unpaired) electrons. The fourth-order valence-corrected chi connectivity index (χ4v) is 4.07. The third-order valence-electron chi connectivity index (χ3n) is 5.90. The third kappa shape index (κ3) is 6.02. The van der Waals surface area contributed by atoms with Crippen molar-refractivity contribution >= 4 is 0 Å². The number of hydrogen-bond donors (Lipinski definition) is 0. The molecule has 6 heteroatoms. The Morgan fingerprint density at radius 2 is 1.55 bits per heavy atom. The summed E-state index contributed by atoms with van der Waals surface area (Å²) in [5.41, 5.74) is 5.39. The molecule has 1 aliphatic rings. The topological polar surface area (TPSA) is 34.6 Å². The van der Waals surface area contributed by atoms with Crippen molar-refractivity contribution in [1.29, 1.82) is 0 Å². The fraction of sp³-hybridized carbons (Fsp3) is 0.370. The molecule has 1 fully saturated rings. The predicted octanol–water partition coefficient (Wildman–Crippen LogP) is 5.67. The number of rotatable bonds is 8. The SMILES string of the molecule is CC(C)c1nc(-c2ccc(F)cc2)cc(-c2ccc(F)cc2)c1COCCN1CCOCC1. The second-order valence-electron chi connectivity index (χ2n) is 8.59. The Bertz CT molecular complexity index is 1050. The second kappa shape index (κ2) is 11.0. The van der Waals surface area contributed by atoms with Crippen molar-refractivity contribution in [1.82, 2.24) is 9.88 Å². The van der Waals surface area contributed by atoms with E-state index in [4.69, 9.17) is 14.5 Å². The van der Waals surface area contributed by atoms with Gasteiger partial charge in [0.2, 0.25) is 0 Å². The van der Waals surface area contributed by atoms with E-state index in [2.05, 4.69) is 18.7 Å². The van der Waals surface area contributed by atoms with Gasteiger partial charge in [0.1, 0.15) is 11.6 Å². The maximum absolute atomic E-state index is 13.6. The maximum atomic E-state index is 13.6. The van der Waals surface area contributed by atoms with Crippen LogP contribution in [0.5, 0.6) is 0 Å². The molecule has 0 N–H and O–H groups in total. The first-order chi connectivity index (χ1) is 16.0. The van der Waals surface area contributed by atoms with E-state index >= 15 is 0 Å². The molecule has 2 heterocycles. The summed E-state index contributed by atoms with van der Waals surface area (Å²) in [7, 11) is 0. The molecule has 3 aromatic rings. The van der Waals surface area contributed by atoms with Crippen LogP contribution < -0.4 is 0 Å². The van der Waals surface area contributed by atoms with Gasteiger partial charge in [-0.05, 0) is 59.5 Å². The number of ether oxygens (including phenoxy) is 2. The van der Waals surface area contributed by atoms with Crippen LogP contribution >= 0.6 is 0 Å². The van der Waals surface area contributed by atoms with Crippen LogP contribution in [0.15, 0.2) is 54.6 Å². The molecular weight excluding hydrogens is 422 g/mol. The first kappa shape index (κ1) is 23.5. The number of nitrogens with zero attached hydrogens (tertiary/aromatic N) is 2. The summed E-state index contributed by atoms with van der Waals surface area (Å²) in [6.07, 6.45) is 0. The largest absolute Gasteiger partial charge is 0.379 e. The molecule has 0 unspecified atom stereocenters. The highest BCUT2D eigenvalue weighted by Crippen LogP contribution is 2.34. The molecule has 1 aromatic heterocycles. The van der Waals surface area contributed by atoms with Gasteiger partial charge in [0.25, 0.3) is 0 Å². The monoisotopic (exact) mass is 452 g/mol. The molecule has 0 bridgehead atoms. The van der Waals surface area contributed by atoms with Crippen LogP contribution in [0.25, 0.3) is 22.4 Å². The van der Waals surface area contributed by atoms with Crippen molar-refractivity contribution in [3.8, 4) is 22.4 Å². The molecule has 0 saturated carbocycles. The molecule has 0 spiro atoms. The molecule has 4 nitrogen and oxygen atoms in total. The van der Waals surface area contributed by atoms with Crippen molar-refractivity contribution in [2.45, 2.75) is 26.4 Å². The van der Waals surface area contributed by atoms with E-state index in [1.165, 1.54) is 24.3 Å². The number of benzene rings is 2. The number of hydrogen-bond acceptors (Lipinski definition) is 4. The summed E-state index contributed by atoms with van der Waals surface area (Å²) >= 11 is 0. The molecular formula is C27H30F2N2O2. The molecule has 4 rings (SSSR count). The van der Waals surface area contributed by atoms with Gasteiger partial charge < -0.3 is 9.47 Å². The lowest BCUT2D eigenvalue weighted by atomic mass is 9.93. The lowest BCUT2D eigenvalue weighted by molar-refractivity contribution is 0.0179. The van der Waals surface area contributed by atoms with Gasteiger partial charge in [0.15, 0.2) is 0 Å². The summed E-state index contributed by atoms with van der Waals surface area (Å²) in [5, 5.41) is 0. The molecule has 33 heavy (non-hydrogen) atoms. The lowest BCUT2D eigenvalue weighted by Gasteiger charge is -2.26. The van der Waals surface area contributed by atoms with Crippen molar-refractivity contribution in [3.63, 3.8) is 0 Å². The van der Waals surface area contributed by atoms with E-state index in [-0.39, 0.29) is 17.6 Å². The van der Waals surface area contributed by atoms with Gasteiger partial charge >= 0.3 is 0 Å². The second-order valence-corrected chi connectivity index (χ2v) is 8.59. The van der Waals surface area contributed by atoms with Gasteiger partial charge in [-0.1, -0.05) is 26.0 Å². The van der Waals surface area contributed by atoms with E-state index in [9.17, 15) is 8.78 Å². The van der Waals surface area contributed by atoms with Crippen molar-refractivity contribution in [2.75, 3.05) is 39.5 Å². The Labute approximate surface area is 194 Å². The lowest BCUT2D eigenvalue weighted by Crippen LogP contribution is -2.38. The molecule has 0 aliphatic carbocycles. The molecule has 2 aromatic carbocycles. The molecule has 1 aliphatic heterocycles. The van der Waals surface area contributed by atoms with E-state index in [1.54, 1.807) is 24.3 Å². The minimum absolute atomic E-state index is 0.155. The smallest absolute Gasteiger partial charge is 0.123 e. The highest BCUT2D eigenvalue weighted by molar-refractivity contribution is 5.74. The van der Waals surface area contributed by atoms with E-state index in [0.29, 0.717) is 13.2 Å². The van der Waals surface area contributed by atoms with Crippen LogP contribution in [0.1, 0.15) is 31.0 Å². The van der Waals surface area contributed by atoms with Gasteiger partial charge in [-0.3, -0.25) is 9.88 Å². The number of morpholine rings is 1. The van der Waals surface area contributed by atoms with E-state index in [1.807, 2.05) is 6.07 Å². The minimum atomic E-state index is -0.285. The summed E-state index contributed by atoms with van der Waals surface area (Å²) < 4.78 is 38.6. The van der Waals surface area contributed by atoms with Crippen molar-refractivity contribution < 1.29 is 18.3 Å². The first-order valence-electron chi connectivity index (χ1n) is 11.4. The summed E-state index contributed by atoms with van der Waals surface area (Å²) in [6, 6.07) is 14.8. The molecule has 0 amide bonds. The first-order valence-corrected chi connectivity index (χ1v) is 11.4. The van der Waals surface area contributed by atoms with Crippen LogP contribution in [-0.4, -0.2) is 49.3 Å². The van der Waals surface area contributed by atoms with E-state index in [0.717, 1.165) is 66.5 Å². The summed E-state index contributed by atoms with van der Waals surface area (Å²) in [4.78, 5) is 7.28. The molecule has 174 valence electrons. The quantitative estimate of drug-likeness (QED) is 0.413. The number of aromatic nitrogens is 1. The Morgan fingerprint density at radius 3 is 2.15 bits per heavy atom. The van der Waals surface area contributed by atoms with Crippen LogP contribution in [0, 0.1) is 11.6 Å². The van der Waals surface area contributed by atoms with Gasteiger partial charge in [-0.15, -0.1) is 0 Å². The molecule has 0 atom stereocenters. The zero-order chi connectivity index (χ0) is 23.2. The van der Waals surface area contributed by atoms with E-state index < -0.39 is 0 Å². The molecule has 1 saturated heterocycles. The normalized spacial score (nSPS) is 14.7. The van der Waals surface area contributed by atoms with Crippen LogP contribution in [0.2, 0.25) is 0 Å². The van der Waals surface area contributed by atoms with Gasteiger partial charge in [-0.25, -0.2) is 8.78 Å². The highest BCUT2D eigenvalue weighted by Gasteiger charge is 2.18. The third-order valence-corrected chi connectivity index (χ3v) is 5.90. The fourth-order valence-electron chi connectivity index (χ4n) is 4.07. The van der Waals surface area contributed by atoms with Crippen LogP contribution in [0.3, 0.4) is 0 Å². The Kier molecular flexibility index (Phi) is 7.81. The summed E-state index contributed by atoms with van der Waals surface area (Å²) in [5.74, 6) is -0.409. The average molecular weight is 453 g/mol. The zero-order valence-corrected chi connectivity index (χ0v) is 19.2. The van der Waals surface area contributed by atoms with Crippen molar-refractivity contribution in [2.24, 2.45) is 0 Å². The van der Waals surface area contributed by atoms with Crippen LogP contribution in [0.4, 0.5) is 8.78 Å². The predicted molar refractivity (Wildman–Crippen MR) is 126 cm³/mol.